The lowest BCUT2D eigenvalue weighted by Crippen LogP contribution is -2.42. The van der Waals surface area contributed by atoms with E-state index in [9.17, 15) is 14.4 Å². The Balaban J connectivity index is 1.57. The topological polar surface area (TPSA) is 107 Å². The smallest absolute Gasteiger partial charge is 0.339 e. The lowest BCUT2D eigenvalue weighted by molar-refractivity contribution is -0.123. The van der Waals surface area contributed by atoms with E-state index in [0.29, 0.717) is 22.3 Å². The lowest BCUT2D eigenvalue weighted by Gasteiger charge is -2.11. The van der Waals surface area contributed by atoms with Gasteiger partial charge in [-0.1, -0.05) is 30.3 Å². The first-order valence-electron chi connectivity index (χ1n) is 9.85. The van der Waals surface area contributed by atoms with Crippen molar-refractivity contribution >= 4 is 28.8 Å². The molecule has 0 spiro atoms. The summed E-state index contributed by atoms with van der Waals surface area (Å²) in [6.45, 7) is -0.578. The predicted octanol–water partition coefficient (Wildman–Crippen LogP) is 3.06. The third-order valence-electron chi connectivity index (χ3n) is 4.81. The number of pyridine rings is 1. The highest BCUT2D eigenvalue weighted by atomic mass is 16.5. The van der Waals surface area contributed by atoms with Gasteiger partial charge in [-0.05, 0) is 37.1 Å². The van der Waals surface area contributed by atoms with E-state index in [4.69, 9.17) is 9.47 Å². The number of carbonyl (C=O) groups is 3. The minimum atomic E-state index is -0.703. The van der Waals surface area contributed by atoms with E-state index in [2.05, 4.69) is 15.6 Å². The van der Waals surface area contributed by atoms with E-state index in [-0.39, 0.29) is 11.6 Å². The van der Waals surface area contributed by atoms with Gasteiger partial charge in [0.05, 0.1) is 23.9 Å². The van der Waals surface area contributed by atoms with Gasteiger partial charge in [0.1, 0.15) is 5.75 Å². The summed E-state index contributed by atoms with van der Waals surface area (Å²) in [5, 5.41) is 5.32. The standard InChI is InChI=1S/C23H21N3O5/c1-30-16-9-10-19-17(11-16)18(12-20(25-19)14-5-3-2-4-6-14)22(28)31-13-21(27)26-23(29)24-15-7-8-15/h2-6,9-12,15H,7-8,13H2,1H3,(H2,24,26,27,29). The molecule has 8 heteroatoms. The van der Waals surface area contributed by atoms with Crippen LogP contribution in [0.2, 0.25) is 0 Å². The number of fused-ring (bicyclic) bond motifs is 1. The summed E-state index contributed by atoms with van der Waals surface area (Å²) in [5.41, 5.74) is 2.27. The van der Waals surface area contributed by atoms with Gasteiger partial charge in [-0.15, -0.1) is 0 Å². The molecule has 1 aliphatic rings. The molecule has 1 saturated carbocycles. The molecule has 158 valence electrons. The van der Waals surface area contributed by atoms with Crippen molar-refractivity contribution in [1.82, 2.24) is 15.6 Å². The number of aromatic nitrogens is 1. The van der Waals surface area contributed by atoms with Crippen LogP contribution in [0.4, 0.5) is 4.79 Å². The van der Waals surface area contributed by atoms with Gasteiger partial charge in [0.15, 0.2) is 6.61 Å². The molecule has 0 saturated heterocycles. The van der Waals surface area contributed by atoms with Crippen LogP contribution in [0.5, 0.6) is 5.75 Å². The van der Waals surface area contributed by atoms with E-state index < -0.39 is 24.5 Å². The van der Waals surface area contributed by atoms with Gasteiger partial charge < -0.3 is 14.8 Å². The predicted molar refractivity (Wildman–Crippen MR) is 114 cm³/mol. The highest BCUT2D eigenvalue weighted by molar-refractivity contribution is 6.06. The Bertz CT molecular complexity index is 1140. The van der Waals surface area contributed by atoms with Crippen molar-refractivity contribution in [3.63, 3.8) is 0 Å². The molecular formula is C23H21N3O5. The summed E-state index contributed by atoms with van der Waals surface area (Å²) < 4.78 is 10.4. The first-order valence-corrected chi connectivity index (χ1v) is 9.85. The van der Waals surface area contributed by atoms with E-state index in [1.165, 1.54) is 7.11 Å². The Kier molecular flexibility index (Phi) is 5.79. The number of methoxy groups -OCH3 is 1. The average Bonchev–Trinajstić information content (AvgIpc) is 3.60. The monoisotopic (exact) mass is 419 g/mol. The number of rotatable bonds is 6. The molecule has 1 fully saturated rings. The van der Waals surface area contributed by atoms with Crippen LogP contribution in [-0.4, -0.2) is 42.7 Å². The summed E-state index contributed by atoms with van der Waals surface area (Å²) in [4.78, 5) is 41.1. The van der Waals surface area contributed by atoms with Crippen molar-refractivity contribution < 1.29 is 23.9 Å². The summed E-state index contributed by atoms with van der Waals surface area (Å²) in [6, 6.07) is 15.8. The van der Waals surface area contributed by atoms with Gasteiger partial charge in [0.25, 0.3) is 5.91 Å². The first kappa shape index (κ1) is 20.3. The number of urea groups is 1. The number of benzene rings is 2. The molecule has 1 heterocycles. The van der Waals surface area contributed by atoms with Gasteiger partial charge in [-0.25, -0.2) is 14.6 Å². The minimum Gasteiger partial charge on any atom is -0.497 e. The second-order valence-electron chi connectivity index (χ2n) is 7.18. The van der Waals surface area contributed by atoms with Crippen LogP contribution in [0.1, 0.15) is 23.2 Å². The minimum absolute atomic E-state index is 0.116. The second-order valence-corrected chi connectivity index (χ2v) is 7.18. The quantitative estimate of drug-likeness (QED) is 0.595. The fraction of sp³-hybridized carbons (Fsp3) is 0.217. The number of imide groups is 1. The Labute approximate surface area is 178 Å². The largest absolute Gasteiger partial charge is 0.497 e. The molecular weight excluding hydrogens is 398 g/mol. The number of esters is 1. The van der Waals surface area contributed by atoms with Gasteiger partial charge in [-0.2, -0.15) is 0 Å². The van der Waals surface area contributed by atoms with Gasteiger partial charge >= 0.3 is 12.0 Å². The van der Waals surface area contributed by atoms with Crippen molar-refractivity contribution in [3.8, 4) is 17.0 Å². The molecule has 1 aliphatic carbocycles. The molecule has 2 N–H and O–H groups in total. The van der Waals surface area contributed by atoms with E-state index >= 15 is 0 Å². The molecule has 31 heavy (non-hydrogen) atoms. The van der Waals surface area contributed by atoms with Crippen molar-refractivity contribution in [2.24, 2.45) is 0 Å². The Morgan fingerprint density at radius 1 is 1.06 bits per heavy atom. The van der Waals surface area contributed by atoms with Crippen LogP contribution in [0, 0.1) is 0 Å². The highest BCUT2D eigenvalue weighted by Gasteiger charge is 2.24. The van der Waals surface area contributed by atoms with Crippen molar-refractivity contribution in [2.75, 3.05) is 13.7 Å². The van der Waals surface area contributed by atoms with Crippen molar-refractivity contribution in [3.05, 3.63) is 60.2 Å². The zero-order valence-corrected chi connectivity index (χ0v) is 16.9. The maximum absolute atomic E-state index is 12.8. The number of ether oxygens (including phenoxy) is 2. The normalized spacial score (nSPS) is 12.8. The highest BCUT2D eigenvalue weighted by Crippen LogP contribution is 2.28. The van der Waals surface area contributed by atoms with Crippen molar-refractivity contribution in [2.45, 2.75) is 18.9 Å². The number of amides is 3. The molecule has 0 radical (unpaired) electrons. The number of nitrogens with one attached hydrogen (secondary N) is 2. The Hall–Kier alpha value is -3.94. The summed E-state index contributed by atoms with van der Waals surface area (Å²) in [5.74, 6) is -0.841. The molecule has 3 amide bonds. The second kappa shape index (κ2) is 8.83. The summed E-state index contributed by atoms with van der Waals surface area (Å²) >= 11 is 0. The molecule has 4 rings (SSSR count). The molecule has 0 bridgehead atoms. The molecule has 0 unspecified atom stereocenters. The number of hydrogen-bond donors (Lipinski definition) is 2. The zero-order valence-electron chi connectivity index (χ0n) is 16.9. The van der Waals surface area contributed by atoms with Crippen LogP contribution in [0.15, 0.2) is 54.6 Å². The van der Waals surface area contributed by atoms with Crippen LogP contribution < -0.4 is 15.4 Å². The third kappa shape index (κ3) is 4.98. The molecule has 0 atom stereocenters. The van der Waals surface area contributed by atoms with Gasteiger partial charge in [0, 0.05) is 17.0 Å². The van der Waals surface area contributed by atoms with Crippen LogP contribution >= 0.6 is 0 Å². The Morgan fingerprint density at radius 2 is 1.84 bits per heavy atom. The lowest BCUT2D eigenvalue weighted by atomic mass is 10.0. The average molecular weight is 419 g/mol. The fourth-order valence-corrected chi connectivity index (χ4v) is 3.08. The zero-order chi connectivity index (χ0) is 21.8. The Morgan fingerprint density at radius 3 is 2.55 bits per heavy atom. The van der Waals surface area contributed by atoms with Crippen molar-refractivity contribution in [1.29, 1.82) is 0 Å². The van der Waals surface area contributed by atoms with Gasteiger partial charge in [-0.3, -0.25) is 10.1 Å². The van der Waals surface area contributed by atoms with E-state index in [0.717, 1.165) is 18.4 Å². The van der Waals surface area contributed by atoms with Crippen LogP contribution in [0.3, 0.4) is 0 Å². The van der Waals surface area contributed by atoms with E-state index in [1.54, 1.807) is 24.3 Å². The first-order chi connectivity index (χ1) is 15.0. The molecule has 3 aromatic rings. The summed E-state index contributed by atoms with van der Waals surface area (Å²) in [7, 11) is 1.53. The maximum Gasteiger partial charge on any atom is 0.339 e. The van der Waals surface area contributed by atoms with E-state index in [1.807, 2.05) is 30.3 Å². The summed E-state index contributed by atoms with van der Waals surface area (Å²) in [6.07, 6.45) is 1.80. The fourth-order valence-electron chi connectivity index (χ4n) is 3.08. The molecule has 1 aromatic heterocycles. The number of carbonyl (C=O) groups excluding carboxylic acids is 3. The molecule has 0 aliphatic heterocycles. The third-order valence-corrected chi connectivity index (χ3v) is 4.81. The van der Waals surface area contributed by atoms with Crippen LogP contribution in [-0.2, 0) is 9.53 Å². The maximum atomic E-state index is 12.8. The van der Waals surface area contributed by atoms with Gasteiger partial charge in [0.2, 0.25) is 0 Å². The molecule has 2 aromatic carbocycles. The SMILES string of the molecule is COc1ccc2nc(-c3ccccc3)cc(C(=O)OCC(=O)NC(=O)NC3CC3)c2c1. The molecule has 8 nitrogen and oxygen atoms in total. The number of hydrogen-bond acceptors (Lipinski definition) is 6. The van der Waals surface area contributed by atoms with Crippen LogP contribution in [0.25, 0.3) is 22.2 Å². The number of nitrogens with zero attached hydrogens (tertiary/aromatic N) is 1.